The number of carbonyl (C=O) groups is 1. The van der Waals surface area contributed by atoms with E-state index in [-0.39, 0.29) is 15.7 Å². The van der Waals surface area contributed by atoms with Crippen molar-refractivity contribution in [2.45, 2.75) is 6.18 Å². The third-order valence-corrected chi connectivity index (χ3v) is 3.44. The van der Waals surface area contributed by atoms with Crippen LogP contribution in [0.3, 0.4) is 0 Å². The van der Waals surface area contributed by atoms with Gasteiger partial charge in [-0.1, -0.05) is 0 Å². The molecular weight excluding hydrogens is 370 g/mol. The summed E-state index contributed by atoms with van der Waals surface area (Å²) in [5, 5.41) is 11.7. The van der Waals surface area contributed by atoms with Crippen LogP contribution < -0.4 is 5.32 Å². The number of aromatic hydroxyl groups is 1. The van der Waals surface area contributed by atoms with Crippen molar-refractivity contribution in [3.63, 3.8) is 0 Å². The van der Waals surface area contributed by atoms with Gasteiger partial charge in [0.15, 0.2) is 0 Å². The van der Waals surface area contributed by atoms with Crippen molar-refractivity contribution in [2.24, 2.45) is 0 Å². The third kappa shape index (κ3) is 3.56. The lowest BCUT2D eigenvalue weighted by molar-refractivity contribution is -0.137. The molecule has 116 valence electrons. The predicted octanol–water partition coefficient (Wildman–Crippen LogP) is 4.56. The number of hydrogen-bond acceptors (Lipinski definition) is 2. The van der Waals surface area contributed by atoms with Crippen molar-refractivity contribution in [1.29, 1.82) is 0 Å². The van der Waals surface area contributed by atoms with E-state index < -0.39 is 29.2 Å². The SMILES string of the molecule is O=C(Nc1cc(C(F)(F)F)ccc1Br)c1cc(F)ccc1O. The molecule has 0 aliphatic heterocycles. The molecule has 0 aromatic heterocycles. The van der Waals surface area contributed by atoms with Crippen LogP contribution in [-0.2, 0) is 6.18 Å². The van der Waals surface area contributed by atoms with Gasteiger partial charge in [0.2, 0.25) is 0 Å². The van der Waals surface area contributed by atoms with Crippen molar-refractivity contribution in [3.05, 3.63) is 57.8 Å². The van der Waals surface area contributed by atoms with Crippen molar-refractivity contribution < 1.29 is 27.5 Å². The minimum atomic E-state index is -4.57. The zero-order valence-corrected chi connectivity index (χ0v) is 12.3. The molecule has 0 saturated carbocycles. The summed E-state index contributed by atoms with van der Waals surface area (Å²) in [7, 11) is 0. The van der Waals surface area contributed by atoms with Gasteiger partial charge in [0, 0.05) is 4.47 Å². The molecule has 0 aliphatic carbocycles. The maximum Gasteiger partial charge on any atom is 0.416 e. The van der Waals surface area contributed by atoms with E-state index >= 15 is 0 Å². The number of phenols is 1. The topological polar surface area (TPSA) is 49.3 Å². The highest BCUT2D eigenvalue weighted by molar-refractivity contribution is 9.10. The van der Waals surface area contributed by atoms with Gasteiger partial charge >= 0.3 is 6.18 Å². The highest BCUT2D eigenvalue weighted by Gasteiger charge is 2.31. The summed E-state index contributed by atoms with van der Waals surface area (Å²) in [4.78, 5) is 12.0. The van der Waals surface area contributed by atoms with E-state index in [1.54, 1.807) is 0 Å². The fraction of sp³-hybridized carbons (Fsp3) is 0.0714. The van der Waals surface area contributed by atoms with Gasteiger partial charge in [-0.3, -0.25) is 4.79 Å². The van der Waals surface area contributed by atoms with Gasteiger partial charge < -0.3 is 10.4 Å². The van der Waals surface area contributed by atoms with Gasteiger partial charge in [0.25, 0.3) is 5.91 Å². The molecule has 0 unspecified atom stereocenters. The molecule has 2 rings (SSSR count). The summed E-state index contributed by atoms with van der Waals surface area (Å²) in [6.45, 7) is 0. The molecule has 0 radical (unpaired) electrons. The number of halogens is 5. The molecule has 2 N–H and O–H groups in total. The summed E-state index contributed by atoms with van der Waals surface area (Å²) in [6.07, 6.45) is -4.57. The second-order valence-corrected chi connectivity index (χ2v) is 5.16. The zero-order valence-electron chi connectivity index (χ0n) is 10.7. The lowest BCUT2D eigenvalue weighted by atomic mass is 10.1. The molecule has 0 saturated heterocycles. The second kappa shape index (κ2) is 5.96. The Kier molecular flexibility index (Phi) is 4.41. The highest BCUT2D eigenvalue weighted by Crippen LogP contribution is 2.34. The normalized spacial score (nSPS) is 11.3. The van der Waals surface area contributed by atoms with Crippen LogP contribution in [-0.4, -0.2) is 11.0 Å². The number of amides is 1. The molecular formula is C14H8BrF4NO2. The number of hydrogen-bond donors (Lipinski definition) is 2. The molecule has 0 heterocycles. The molecule has 22 heavy (non-hydrogen) atoms. The molecule has 0 spiro atoms. The Bertz CT molecular complexity index is 731. The van der Waals surface area contributed by atoms with Crippen LogP contribution in [0.4, 0.5) is 23.2 Å². The van der Waals surface area contributed by atoms with Gasteiger partial charge in [0.05, 0.1) is 16.8 Å². The van der Waals surface area contributed by atoms with E-state index in [0.717, 1.165) is 36.4 Å². The Morgan fingerprint density at radius 3 is 2.45 bits per heavy atom. The van der Waals surface area contributed by atoms with Gasteiger partial charge in [-0.05, 0) is 52.3 Å². The molecule has 0 bridgehead atoms. The quantitative estimate of drug-likeness (QED) is 0.753. The Balaban J connectivity index is 2.34. The van der Waals surface area contributed by atoms with E-state index in [0.29, 0.717) is 0 Å². The summed E-state index contributed by atoms with van der Waals surface area (Å²) in [6, 6.07) is 5.42. The van der Waals surface area contributed by atoms with Gasteiger partial charge in [-0.15, -0.1) is 0 Å². The lowest BCUT2D eigenvalue weighted by Gasteiger charge is -2.12. The lowest BCUT2D eigenvalue weighted by Crippen LogP contribution is -2.14. The number of alkyl halides is 3. The first-order chi connectivity index (χ1) is 10.2. The standard InChI is InChI=1S/C14H8BrF4NO2/c15-10-3-1-7(14(17,18)19)5-11(10)20-13(22)9-6-8(16)2-4-12(9)21/h1-6,21H,(H,20,22). The summed E-state index contributed by atoms with van der Waals surface area (Å²) < 4.78 is 51.3. The highest BCUT2D eigenvalue weighted by atomic mass is 79.9. The smallest absolute Gasteiger partial charge is 0.416 e. The van der Waals surface area contributed by atoms with Crippen molar-refractivity contribution in [2.75, 3.05) is 5.32 Å². The van der Waals surface area contributed by atoms with Crippen LogP contribution in [0.2, 0.25) is 0 Å². The maximum atomic E-state index is 13.1. The van der Waals surface area contributed by atoms with Crippen LogP contribution in [0.15, 0.2) is 40.9 Å². The van der Waals surface area contributed by atoms with Crippen LogP contribution in [0, 0.1) is 5.82 Å². The van der Waals surface area contributed by atoms with Crippen molar-refractivity contribution >= 4 is 27.5 Å². The number of anilines is 1. The average molecular weight is 378 g/mol. The van der Waals surface area contributed by atoms with Crippen LogP contribution in [0.5, 0.6) is 5.75 Å². The second-order valence-electron chi connectivity index (χ2n) is 4.31. The maximum absolute atomic E-state index is 13.1. The Hall–Kier alpha value is -2.09. The van der Waals surface area contributed by atoms with Gasteiger partial charge in [-0.25, -0.2) is 4.39 Å². The van der Waals surface area contributed by atoms with E-state index in [1.165, 1.54) is 0 Å². The summed E-state index contributed by atoms with van der Waals surface area (Å²) in [5.74, 6) is -2.18. The Morgan fingerprint density at radius 2 is 1.82 bits per heavy atom. The Labute approximate surface area is 130 Å². The predicted molar refractivity (Wildman–Crippen MR) is 75.2 cm³/mol. The number of carbonyl (C=O) groups excluding carboxylic acids is 1. The minimum Gasteiger partial charge on any atom is -0.507 e. The molecule has 1 amide bonds. The van der Waals surface area contributed by atoms with Gasteiger partial charge in [-0.2, -0.15) is 13.2 Å². The first-order valence-electron chi connectivity index (χ1n) is 5.85. The summed E-state index contributed by atoms with van der Waals surface area (Å²) in [5.41, 5.74) is -1.48. The van der Waals surface area contributed by atoms with E-state index in [2.05, 4.69) is 21.2 Å². The van der Waals surface area contributed by atoms with E-state index in [9.17, 15) is 27.5 Å². The first-order valence-corrected chi connectivity index (χ1v) is 6.64. The summed E-state index contributed by atoms with van der Waals surface area (Å²) >= 11 is 3.01. The van der Waals surface area contributed by atoms with Crippen LogP contribution >= 0.6 is 15.9 Å². The van der Waals surface area contributed by atoms with Crippen molar-refractivity contribution in [3.8, 4) is 5.75 Å². The minimum absolute atomic E-state index is 0.150. The average Bonchev–Trinajstić information content (AvgIpc) is 2.42. The number of nitrogens with one attached hydrogen (secondary N) is 1. The van der Waals surface area contributed by atoms with Crippen LogP contribution in [0.25, 0.3) is 0 Å². The molecule has 3 nitrogen and oxygen atoms in total. The fourth-order valence-electron chi connectivity index (χ4n) is 1.68. The molecule has 8 heteroatoms. The van der Waals surface area contributed by atoms with E-state index in [1.807, 2.05) is 0 Å². The number of benzene rings is 2. The Morgan fingerprint density at radius 1 is 1.14 bits per heavy atom. The molecule has 2 aromatic carbocycles. The third-order valence-electron chi connectivity index (χ3n) is 2.75. The zero-order chi connectivity index (χ0) is 16.5. The van der Waals surface area contributed by atoms with Crippen molar-refractivity contribution in [1.82, 2.24) is 0 Å². The fourth-order valence-corrected chi connectivity index (χ4v) is 2.02. The van der Waals surface area contributed by atoms with Gasteiger partial charge in [0.1, 0.15) is 11.6 Å². The number of rotatable bonds is 2. The molecule has 0 fully saturated rings. The monoisotopic (exact) mass is 377 g/mol. The molecule has 2 aromatic rings. The number of phenolic OH excluding ortho intramolecular Hbond substituents is 1. The molecule has 0 aliphatic rings. The van der Waals surface area contributed by atoms with E-state index in [4.69, 9.17) is 0 Å². The first kappa shape index (κ1) is 16.3. The molecule has 0 atom stereocenters. The largest absolute Gasteiger partial charge is 0.507 e. The van der Waals surface area contributed by atoms with Crippen LogP contribution in [0.1, 0.15) is 15.9 Å².